The van der Waals surface area contributed by atoms with Crippen LogP contribution in [0.5, 0.6) is 11.5 Å². The topological polar surface area (TPSA) is 106 Å². The van der Waals surface area contributed by atoms with Crippen molar-refractivity contribution in [3.63, 3.8) is 0 Å². The van der Waals surface area contributed by atoms with Gasteiger partial charge in [0.05, 0.1) is 18.2 Å². The fourth-order valence-electron chi connectivity index (χ4n) is 3.32. The van der Waals surface area contributed by atoms with Crippen molar-refractivity contribution in [1.82, 2.24) is 10.3 Å². The number of carbonyl (C=O) groups is 1. The van der Waals surface area contributed by atoms with Gasteiger partial charge in [0.15, 0.2) is 11.5 Å². The number of likely N-dealkylation sites (tertiary alicyclic amines) is 1. The minimum absolute atomic E-state index is 0.0783. The van der Waals surface area contributed by atoms with Crippen molar-refractivity contribution in [3.05, 3.63) is 63.7 Å². The summed E-state index contributed by atoms with van der Waals surface area (Å²) in [6.07, 6.45) is 5.29. The molecule has 3 rings (SSSR count). The maximum atomic E-state index is 12.1. The Balaban J connectivity index is 1.52. The second kappa shape index (κ2) is 11.1. The first-order chi connectivity index (χ1) is 15.1. The Kier molecular flexibility index (Phi) is 7.94. The second-order valence-electron chi connectivity index (χ2n) is 7.16. The standard InChI is InChI=1S/C22H26N4O5/c1-30-21-15-17(5-10-20(21)31-14-13-25-11-3-2-4-12-25)16-23-24-22(27)18-6-8-19(9-7-18)26(28)29/h5-10,15-16H,2-4,11-14H2,1H3,(H,24,27). The summed E-state index contributed by atoms with van der Waals surface area (Å²) in [5, 5.41) is 14.6. The predicted molar refractivity (Wildman–Crippen MR) is 117 cm³/mol. The zero-order chi connectivity index (χ0) is 22.1. The van der Waals surface area contributed by atoms with E-state index in [9.17, 15) is 14.9 Å². The van der Waals surface area contributed by atoms with Crippen molar-refractivity contribution in [3.8, 4) is 11.5 Å². The fraction of sp³-hybridized carbons (Fsp3) is 0.364. The third-order valence-electron chi connectivity index (χ3n) is 5.02. The van der Waals surface area contributed by atoms with Gasteiger partial charge in [-0.1, -0.05) is 6.42 Å². The summed E-state index contributed by atoms with van der Waals surface area (Å²) in [6, 6.07) is 10.7. The first-order valence-corrected chi connectivity index (χ1v) is 10.2. The maximum Gasteiger partial charge on any atom is 0.271 e. The fourth-order valence-corrected chi connectivity index (χ4v) is 3.32. The van der Waals surface area contributed by atoms with Crippen molar-refractivity contribution in [1.29, 1.82) is 0 Å². The Hall–Kier alpha value is -3.46. The van der Waals surface area contributed by atoms with E-state index in [0.29, 0.717) is 18.1 Å². The lowest BCUT2D eigenvalue weighted by molar-refractivity contribution is -0.384. The molecule has 1 N–H and O–H groups in total. The summed E-state index contributed by atoms with van der Waals surface area (Å²) >= 11 is 0. The zero-order valence-corrected chi connectivity index (χ0v) is 17.5. The Morgan fingerprint density at radius 1 is 1.16 bits per heavy atom. The van der Waals surface area contributed by atoms with E-state index in [0.717, 1.165) is 25.2 Å². The minimum atomic E-state index is -0.520. The van der Waals surface area contributed by atoms with Gasteiger partial charge in [0.1, 0.15) is 6.61 Å². The van der Waals surface area contributed by atoms with Crippen LogP contribution in [0.1, 0.15) is 35.2 Å². The number of hydrazone groups is 1. The molecule has 0 saturated carbocycles. The van der Waals surface area contributed by atoms with E-state index in [-0.39, 0.29) is 11.3 Å². The Bertz CT molecular complexity index is 924. The summed E-state index contributed by atoms with van der Waals surface area (Å²) in [7, 11) is 1.57. The molecule has 1 aliphatic heterocycles. The molecular formula is C22H26N4O5. The molecule has 0 aliphatic carbocycles. The molecule has 1 heterocycles. The van der Waals surface area contributed by atoms with Crippen LogP contribution in [0.2, 0.25) is 0 Å². The van der Waals surface area contributed by atoms with E-state index >= 15 is 0 Å². The van der Waals surface area contributed by atoms with Crippen molar-refractivity contribution in [2.24, 2.45) is 5.10 Å². The number of amides is 1. The van der Waals surface area contributed by atoms with Gasteiger partial charge in [-0.2, -0.15) is 5.10 Å². The molecule has 164 valence electrons. The van der Waals surface area contributed by atoms with Crippen molar-refractivity contribution in [2.75, 3.05) is 33.4 Å². The number of carbonyl (C=O) groups excluding carboxylic acids is 1. The average molecular weight is 426 g/mol. The number of nitrogens with one attached hydrogen (secondary N) is 1. The van der Waals surface area contributed by atoms with Gasteiger partial charge in [-0.15, -0.1) is 0 Å². The van der Waals surface area contributed by atoms with E-state index in [2.05, 4.69) is 15.4 Å². The van der Waals surface area contributed by atoms with Crippen LogP contribution in [-0.4, -0.2) is 55.3 Å². The zero-order valence-electron chi connectivity index (χ0n) is 17.5. The van der Waals surface area contributed by atoms with E-state index in [1.807, 2.05) is 12.1 Å². The molecule has 2 aromatic rings. The first-order valence-electron chi connectivity index (χ1n) is 10.2. The molecule has 0 spiro atoms. The molecule has 9 heteroatoms. The molecule has 0 bridgehead atoms. The number of non-ortho nitro benzene ring substituents is 1. The lowest BCUT2D eigenvalue weighted by Crippen LogP contribution is -2.33. The van der Waals surface area contributed by atoms with Gasteiger partial charge in [-0.25, -0.2) is 5.43 Å². The molecule has 2 aromatic carbocycles. The lowest BCUT2D eigenvalue weighted by atomic mass is 10.1. The summed E-state index contributed by atoms with van der Waals surface area (Å²) in [5.74, 6) is 0.784. The summed E-state index contributed by atoms with van der Waals surface area (Å²) in [4.78, 5) is 24.7. The van der Waals surface area contributed by atoms with Gasteiger partial charge >= 0.3 is 0 Å². The van der Waals surface area contributed by atoms with Crippen LogP contribution in [0, 0.1) is 10.1 Å². The van der Waals surface area contributed by atoms with Gasteiger partial charge in [-0.05, 0) is 61.8 Å². The van der Waals surface area contributed by atoms with Crippen LogP contribution in [0.3, 0.4) is 0 Å². The van der Waals surface area contributed by atoms with Gasteiger partial charge < -0.3 is 9.47 Å². The third-order valence-corrected chi connectivity index (χ3v) is 5.02. The Morgan fingerprint density at radius 3 is 2.58 bits per heavy atom. The van der Waals surface area contributed by atoms with E-state index in [1.54, 1.807) is 13.2 Å². The molecule has 0 unspecified atom stereocenters. The average Bonchev–Trinajstić information content (AvgIpc) is 2.80. The molecule has 0 radical (unpaired) electrons. The SMILES string of the molecule is COc1cc(C=NNC(=O)c2ccc([N+](=O)[O-])cc2)ccc1OCCN1CCCCC1. The van der Waals surface area contributed by atoms with Gasteiger partial charge in [0.2, 0.25) is 0 Å². The highest BCUT2D eigenvalue weighted by atomic mass is 16.6. The van der Waals surface area contributed by atoms with Gasteiger partial charge in [0.25, 0.3) is 11.6 Å². The number of nitrogens with zero attached hydrogens (tertiary/aromatic N) is 3. The van der Waals surface area contributed by atoms with Gasteiger partial charge in [0, 0.05) is 24.2 Å². The Morgan fingerprint density at radius 2 is 1.90 bits per heavy atom. The number of methoxy groups -OCH3 is 1. The normalized spacial score (nSPS) is 14.4. The molecule has 1 amide bonds. The molecule has 9 nitrogen and oxygen atoms in total. The third kappa shape index (κ3) is 6.51. The highest BCUT2D eigenvalue weighted by molar-refractivity contribution is 5.95. The number of hydrogen-bond acceptors (Lipinski definition) is 7. The van der Waals surface area contributed by atoms with Crippen molar-refractivity contribution in [2.45, 2.75) is 19.3 Å². The molecule has 1 saturated heterocycles. The molecular weight excluding hydrogens is 400 g/mol. The van der Waals surface area contributed by atoms with Crippen LogP contribution in [0.15, 0.2) is 47.6 Å². The van der Waals surface area contributed by atoms with Crippen molar-refractivity contribution < 1.29 is 19.2 Å². The number of nitro benzene ring substituents is 1. The van der Waals surface area contributed by atoms with Crippen LogP contribution >= 0.6 is 0 Å². The lowest BCUT2D eigenvalue weighted by Gasteiger charge is -2.26. The molecule has 1 fully saturated rings. The number of ether oxygens (including phenoxy) is 2. The number of hydrogen-bond donors (Lipinski definition) is 1. The number of benzene rings is 2. The largest absolute Gasteiger partial charge is 0.493 e. The first kappa shape index (κ1) is 22.2. The minimum Gasteiger partial charge on any atom is -0.493 e. The van der Waals surface area contributed by atoms with Crippen LogP contribution in [0.4, 0.5) is 5.69 Å². The van der Waals surface area contributed by atoms with E-state index < -0.39 is 10.8 Å². The number of rotatable bonds is 9. The molecule has 1 aliphatic rings. The Labute approximate surface area is 180 Å². The van der Waals surface area contributed by atoms with Crippen LogP contribution in [0.25, 0.3) is 0 Å². The molecule has 0 aromatic heterocycles. The highest BCUT2D eigenvalue weighted by Gasteiger charge is 2.11. The molecule has 0 atom stereocenters. The number of piperidine rings is 1. The summed E-state index contributed by atoms with van der Waals surface area (Å²) in [5.41, 5.74) is 3.33. The van der Waals surface area contributed by atoms with Gasteiger partial charge in [-0.3, -0.25) is 19.8 Å². The second-order valence-corrected chi connectivity index (χ2v) is 7.16. The van der Waals surface area contributed by atoms with Crippen molar-refractivity contribution >= 4 is 17.8 Å². The van der Waals surface area contributed by atoms with Crippen LogP contribution in [-0.2, 0) is 0 Å². The van der Waals surface area contributed by atoms with E-state index in [1.165, 1.54) is 49.7 Å². The quantitative estimate of drug-likeness (QED) is 0.375. The maximum absolute atomic E-state index is 12.1. The summed E-state index contributed by atoms with van der Waals surface area (Å²) < 4.78 is 11.3. The summed E-state index contributed by atoms with van der Waals surface area (Å²) in [6.45, 7) is 3.74. The monoisotopic (exact) mass is 426 g/mol. The smallest absolute Gasteiger partial charge is 0.271 e. The molecule has 31 heavy (non-hydrogen) atoms. The highest BCUT2D eigenvalue weighted by Crippen LogP contribution is 2.27. The number of nitro groups is 1. The van der Waals surface area contributed by atoms with Crippen LogP contribution < -0.4 is 14.9 Å². The van der Waals surface area contributed by atoms with E-state index in [4.69, 9.17) is 9.47 Å². The predicted octanol–water partition coefficient (Wildman–Crippen LogP) is 3.23.